The highest BCUT2D eigenvalue weighted by molar-refractivity contribution is 6.07. The van der Waals surface area contributed by atoms with Crippen LogP contribution in [-0.4, -0.2) is 37.3 Å². The molecular formula is C21H21N7O2. The zero-order chi connectivity index (χ0) is 21.1. The van der Waals surface area contributed by atoms with Crippen molar-refractivity contribution in [3.8, 4) is 0 Å². The molecule has 2 heterocycles. The van der Waals surface area contributed by atoms with Gasteiger partial charge in [-0.2, -0.15) is 15.0 Å². The van der Waals surface area contributed by atoms with E-state index in [9.17, 15) is 9.59 Å². The molecule has 3 amide bonds. The molecule has 2 aromatic carbocycles. The summed E-state index contributed by atoms with van der Waals surface area (Å²) in [6.45, 7) is -0.146. The number of aromatic nitrogens is 3. The van der Waals surface area contributed by atoms with Gasteiger partial charge in [-0.3, -0.25) is 9.69 Å². The average molecular weight is 403 g/mol. The number of rotatable bonds is 6. The predicted octanol–water partition coefficient (Wildman–Crippen LogP) is 1.31. The Morgan fingerprint density at radius 3 is 1.80 bits per heavy atom. The maximum atomic E-state index is 13.5. The highest BCUT2D eigenvalue weighted by Gasteiger charge is 2.51. The Hall–Kier alpha value is -4.01. The molecule has 0 unspecified atom stereocenters. The minimum Gasteiger partial charge on any atom is -0.368 e. The summed E-state index contributed by atoms with van der Waals surface area (Å²) in [5, 5.41) is 2.92. The summed E-state index contributed by atoms with van der Waals surface area (Å²) in [5.41, 5.74) is 12.0. The fourth-order valence-corrected chi connectivity index (χ4v) is 3.68. The van der Waals surface area contributed by atoms with Crippen molar-refractivity contribution >= 4 is 23.8 Å². The molecule has 0 bridgehead atoms. The number of benzene rings is 2. The number of carbonyl (C=O) groups is 2. The number of hydrogen-bond acceptors (Lipinski definition) is 7. The van der Waals surface area contributed by atoms with Crippen LogP contribution in [0.3, 0.4) is 0 Å². The van der Waals surface area contributed by atoms with Gasteiger partial charge >= 0.3 is 6.03 Å². The minimum absolute atomic E-state index is 0.0654. The summed E-state index contributed by atoms with van der Waals surface area (Å²) in [7, 11) is 0. The van der Waals surface area contributed by atoms with Gasteiger partial charge in [-0.05, 0) is 11.1 Å². The van der Waals surface area contributed by atoms with Crippen LogP contribution in [0.5, 0.6) is 0 Å². The van der Waals surface area contributed by atoms with Crippen LogP contribution in [0.2, 0.25) is 0 Å². The maximum Gasteiger partial charge on any atom is 0.325 e. The van der Waals surface area contributed by atoms with Gasteiger partial charge in [0.15, 0.2) is 5.82 Å². The number of nitrogens with one attached hydrogen (secondary N) is 1. The molecule has 0 spiro atoms. The van der Waals surface area contributed by atoms with Crippen LogP contribution in [0.15, 0.2) is 60.7 Å². The number of imide groups is 1. The smallest absolute Gasteiger partial charge is 0.325 e. The first-order chi connectivity index (χ1) is 14.4. The van der Waals surface area contributed by atoms with Gasteiger partial charge in [0, 0.05) is 12.8 Å². The normalized spacial score (nSPS) is 15.3. The Kier molecular flexibility index (Phi) is 5.01. The van der Waals surface area contributed by atoms with Gasteiger partial charge in [0.25, 0.3) is 5.91 Å². The van der Waals surface area contributed by atoms with Crippen molar-refractivity contribution in [2.75, 3.05) is 11.5 Å². The SMILES string of the molecule is Nc1nc(N)nc(CN2C(=O)NC(Cc3ccccc3)(Cc3ccccc3)C2=O)n1. The van der Waals surface area contributed by atoms with Gasteiger partial charge in [0.05, 0.1) is 6.54 Å². The topological polar surface area (TPSA) is 140 Å². The number of urea groups is 1. The van der Waals surface area contributed by atoms with Crippen LogP contribution in [0, 0.1) is 0 Å². The van der Waals surface area contributed by atoms with Crippen LogP contribution < -0.4 is 16.8 Å². The summed E-state index contributed by atoms with van der Waals surface area (Å²) < 4.78 is 0. The first kappa shape index (κ1) is 19.3. The van der Waals surface area contributed by atoms with E-state index in [0.29, 0.717) is 12.8 Å². The molecule has 5 N–H and O–H groups in total. The molecule has 1 aromatic heterocycles. The largest absolute Gasteiger partial charge is 0.368 e. The van der Waals surface area contributed by atoms with E-state index in [0.717, 1.165) is 16.0 Å². The molecule has 1 saturated heterocycles. The van der Waals surface area contributed by atoms with Crippen molar-refractivity contribution in [1.82, 2.24) is 25.2 Å². The van der Waals surface area contributed by atoms with Crippen molar-refractivity contribution in [3.63, 3.8) is 0 Å². The third-order valence-electron chi connectivity index (χ3n) is 4.96. The molecule has 30 heavy (non-hydrogen) atoms. The third-order valence-corrected chi connectivity index (χ3v) is 4.96. The molecule has 4 rings (SSSR count). The second-order valence-electron chi connectivity index (χ2n) is 7.20. The van der Waals surface area contributed by atoms with E-state index < -0.39 is 11.6 Å². The summed E-state index contributed by atoms with van der Waals surface area (Å²) >= 11 is 0. The van der Waals surface area contributed by atoms with E-state index in [4.69, 9.17) is 11.5 Å². The van der Waals surface area contributed by atoms with Gasteiger partial charge in [-0.15, -0.1) is 0 Å². The van der Waals surface area contributed by atoms with E-state index in [2.05, 4.69) is 20.3 Å². The first-order valence-corrected chi connectivity index (χ1v) is 9.43. The molecule has 3 aromatic rings. The zero-order valence-electron chi connectivity index (χ0n) is 16.2. The Morgan fingerprint density at radius 1 is 0.800 bits per heavy atom. The van der Waals surface area contributed by atoms with Crippen molar-refractivity contribution in [1.29, 1.82) is 0 Å². The predicted molar refractivity (Wildman–Crippen MR) is 111 cm³/mol. The molecule has 0 atom stereocenters. The summed E-state index contributed by atoms with van der Waals surface area (Å²) in [5.74, 6) is -0.328. The van der Waals surface area contributed by atoms with Crippen molar-refractivity contribution in [2.24, 2.45) is 0 Å². The van der Waals surface area contributed by atoms with Crippen LogP contribution in [-0.2, 0) is 24.2 Å². The Balaban J connectivity index is 1.67. The van der Waals surface area contributed by atoms with Crippen LogP contribution in [0.1, 0.15) is 17.0 Å². The van der Waals surface area contributed by atoms with Crippen LogP contribution >= 0.6 is 0 Å². The van der Waals surface area contributed by atoms with Gasteiger partial charge < -0.3 is 16.8 Å². The van der Waals surface area contributed by atoms with Crippen molar-refractivity contribution < 1.29 is 9.59 Å². The fraction of sp³-hybridized carbons (Fsp3) is 0.190. The van der Waals surface area contributed by atoms with E-state index in [1.165, 1.54) is 0 Å². The van der Waals surface area contributed by atoms with Gasteiger partial charge in [0.2, 0.25) is 11.9 Å². The lowest BCUT2D eigenvalue weighted by Crippen LogP contribution is -2.51. The Morgan fingerprint density at radius 2 is 1.30 bits per heavy atom. The molecule has 1 aliphatic rings. The second kappa shape index (κ2) is 7.78. The lowest BCUT2D eigenvalue weighted by Gasteiger charge is -2.27. The molecule has 1 fully saturated rings. The molecule has 0 radical (unpaired) electrons. The van der Waals surface area contributed by atoms with E-state index in [1.54, 1.807) is 0 Å². The van der Waals surface area contributed by atoms with E-state index in [1.807, 2.05) is 60.7 Å². The lowest BCUT2D eigenvalue weighted by molar-refractivity contribution is -0.131. The fourth-order valence-electron chi connectivity index (χ4n) is 3.68. The Bertz CT molecular complexity index is 1010. The molecule has 0 saturated carbocycles. The Labute approximate surface area is 173 Å². The lowest BCUT2D eigenvalue weighted by atomic mass is 9.84. The van der Waals surface area contributed by atoms with E-state index in [-0.39, 0.29) is 30.2 Å². The average Bonchev–Trinajstić information content (AvgIpc) is 2.93. The zero-order valence-corrected chi connectivity index (χ0v) is 16.2. The first-order valence-electron chi connectivity index (χ1n) is 9.43. The summed E-state index contributed by atoms with van der Waals surface area (Å²) in [4.78, 5) is 39.1. The second-order valence-corrected chi connectivity index (χ2v) is 7.20. The van der Waals surface area contributed by atoms with Gasteiger partial charge in [-0.25, -0.2) is 4.79 Å². The van der Waals surface area contributed by atoms with Gasteiger partial charge in [0.1, 0.15) is 5.54 Å². The summed E-state index contributed by atoms with van der Waals surface area (Å²) in [6, 6.07) is 18.7. The van der Waals surface area contributed by atoms with Crippen LogP contribution in [0.25, 0.3) is 0 Å². The highest BCUT2D eigenvalue weighted by atomic mass is 16.2. The third kappa shape index (κ3) is 3.90. The molecule has 152 valence electrons. The maximum absolute atomic E-state index is 13.5. The number of nitrogens with two attached hydrogens (primary N) is 2. The molecule has 1 aliphatic heterocycles. The standard InChI is InChI=1S/C21H21N7O2/c22-18-24-16(25-19(23)26-18)13-28-17(29)21(27-20(28)30,11-14-7-3-1-4-8-14)12-15-9-5-2-6-10-15/h1-10H,11-13H2,(H,27,30)(H4,22,23,24,25,26). The molecule has 9 heteroatoms. The monoisotopic (exact) mass is 403 g/mol. The van der Waals surface area contributed by atoms with Crippen molar-refractivity contribution in [2.45, 2.75) is 24.9 Å². The van der Waals surface area contributed by atoms with Crippen LogP contribution in [0.4, 0.5) is 16.7 Å². The molecular weight excluding hydrogens is 382 g/mol. The number of hydrogen-bond donors (Lipinski definition) is 3. The number of anilines is 2. The van der Waals surface area contributed by atoms with E-state index >= 15 is 0 Å². The quantitative estimate of drug-likeness (QED) is 0.527. The highest BCUT2D eigenvalue weighted by Crippen LogP contribution is 2.28. The van der Waals surface area contributed by atoms with Crippen molar-refractivity contribution in [3.05, 3.63) is 77.6 Å². The number of nitrogen functional groups attached to an aromatic ring is 2. The summed E-state index contributed by atoms with van der Waals surface area (Å²) in [6.07, 6.45) is 0.705. The minimum atomic E-state index is -1.12. The molecule has 9 nitrogen and oxygen atoms in total. The number of nitrogens with zero attached hydrogens (tertiary/aromatic N) is 4. The number of amides is 3. The molecule has 0 aliphatic carbocycles. The van der Waals surface area contributed by atoms with Gasteiger partial charge in [-0.1, -0.05) is 60.7 Å². The number of carbonyl (C=O) groups excluding carboxylic acids is 2.